The number of nitrogens with two attached hydrogens (primary N) is 1. The van der Waals surface area contributed by atoms with E-state index in [4.69, 9.17) is 5.73 Å². The van der Waals surface area contributed by atoms with Gasteiger partial charge in [0.05, 0.1) is 0 Å². The van der Waals surface area contributed by atoms with E-state index < -0.39 is 0 Å². The van der Waals surface area contributed by atoms with Crippen molar-refractivity contribution < 1.29 is 4.79 Å². The molecule has 3 N–H and O–H groups in total. The molecule has 0 radical (unpaired) electrons. The predicted octanol–water partition coefficient (Wildman–Crippen LogP) is 2.93. The summed E-state index contributed by atoms with van der Waals surface area (Å²) in [6, 6.07) is 3.47. The number of nitrogens with zero attached hydrogens (tertiary/aromatic N) is 1. The highest BCUT2D eigenvalue weighted by Gasteiger charge is 2.14. The van der Waals surface area contributed by atoms with Crippen LogP contribution in [0.2, 0.25) is 0 Å². The molecule has 2 rings (SSSR count). The van der Waals surface area contributed by atoms with Crippen LogP contribution in [0.1, 0.15) is 61.5 Å². The molecule has 20 heavy (non-hydrogen) atoms. The molecule has 110 valence electrons. The standard InChI is InChI=1S/C16H25N3O/c1-2-14-10-13(11-15(17)19-14)16(20)18-9-5-8-12-6-3-4-7-12/h10-12H,2-9H2,1H3,(H2,17,19)(H,18,20). The smallest absolute Gasteiger partial charge is 0.251 e. The van der Waals surface area contributed by atoms with Gasteiger partial charge in [-0.25, -0.2) is 4.98 Å². The van der Waals surface area contributed by atoms with Crippen LogP contribution in [0.15, 0.2) is 12.1 Å². The van der Waals surface area contributed by atoms with Gasteiger partial charge in [0.2, 0.25) is 0 Å². The van der Waals surface area contributed by atoms with Gasteiger partial charge >= 0.3 is 0 Å². The second-order valence-corrected chi connectivity index (χ2v) is 5.67. The molecule has 0 spiro atoms. The zero-order valence-corrected chi connectivity index (χ0v) is 12.3. The minimum atomic E-state index is -0.0415. The van der Waals surface area contributed by atoms with Crippen molar-refractivity contribution in [3.05, 3.63) is 23.4 Å². The molecule has 0 aromatic carbocycles. The average Bonchev–Trinajstić information content (AvgIpc) is 2.95. The van der Waals surface area contributed by atoms with Crippen molar-refractivity contribution in [2.24, 2.45) is 5.92 Å². The highest BCUT2D eigenvalue weighted by Crippen LogP contribution is 2.28. The molecular formula is C16H25N3O. The van der Waals surface area contributed by atoms with Gasteiger partial charge in [-0.1, -0.05) is 32.6 Å². The van der Waals surface area contributed by atoms with Gasteiger partial charge in [-0.2, -0.15) is 0 Å². The summed E-state index contributed by atoms with van der Waals surface area (Å²) in [7, 11) is 0. The molecule has 0 bridgehead atoms. The summed E-state index contributed by atoms with van der Waals surface area (Å²) in [6.07, 6.45) is 8.59. The van der Waals surface area contributed by atoms with Crippen LogP contribution in [0.3, 0.4) is 0 Å². The number of aryl methyl sites for hydroxylation is 1. The first-order valence-electron chi connectivity index (χ1n) is 7.73. The number of anilines is 1. The third-order valence-corrected chi connectivity index (χ3v) is 4.07. The van der Waals surface area contributed by atoms with Crippen LogP contribution in [-0.2, 0) is 6.42 Å². The molecule has 1 saturated carbocycles. The van der Waals surface area contributed by atoms with E-state index in [1.165, 1.54) is 32.1 Å². The Bertz CT molecular complexity index is 453. The van der Waals surface area contributed by atoms with Gasteiger partial charge in [0.15, 0.2) is 0 Å². The molecule has 1 heterocycles. The summed E-state index contributed by atoms with van der Waals surface area (Å²) in [5.41, 5.74) is 7.20. The molecule has 4 nitrogen and oxygen atoms in total. The number of pyridine rings is 1. The lowest BCUT2D eigenvalue weighted by atomic mass is 10.0. The summed E-state index contributed by atoms with van der Waals surface area (Å²) in [6.45, 7) is 2.75. The lowest BCUT2D eigenvalue weighted by Crippen LogP contribution is -2.25. The van der Waals surface area contributed by atoms with Crippen LogP contribution in [-0.4, -0.2) is 17.4 Å². The average molecular weight is 275 g/mol. The highest BCUT2D eigenvalue weighted by molar-refractivity contribution is 5.94. The molecule has 1 aliphatic carbocycles. The fraction of sp³-hybridized carbons (Fsp3) is 0.625. The molecule has 4 heteroatoms. The number of nitrogens with one attached hydrogen (secondary N) is 1. The first-order valence-corrected chi connectivity index (χ1v) is 7.73. The van der Waals surface area contributed by atoms with Gasteiger partial charge in [0.25, 0.3) is 5.91 Å². The third-order valence-electron chi connectivity index (χ3n) is 4.07. The van der Waals surface area contributed by atoms with Gasteiger partial charge in [-0.05, 0) is 37.3 Å². The Morgan fingerprint density at radius 2 is 2.15 bits per heavy atom. The van der Waals surface area contributed by atoms with E-state index in [1.54, 1.807) is 6.07 Å². The molecule has 0 aliphatic heterocycles. The molecule has 0 saturated heterocycles. The first kappa shape index (κ1) is 14.8. The number of carbonyl (C=O) groups is 1. The highest BCUT2D eigenvalue weighted by atomic mass is 16.1. The van der Waals surface area contributed by atoms with Crippen LogP contribution in [0.4, 0.5) is 5.82 Å². The summed E-state index contributed by atoms with van der Waals surface area (Å²) < 4.78 is 0. The largest absolute Gasteiger partial charge is 0.384 e. The lowest BCUT2D eigenvalue weighted by molar-refractivity contribution is 0.0952. The molecule has 1 amide bonds. The summed E-state index contributed by atoms with van der Waals surface area (Å²) in [4.78, 5) is 16.2. The monoisotopic (exact) mass is 275 g/mol. The fourth-order valence-electron chi connectivity index (χ4n) is 2.92. The summed E-state index contributed by atoms with van der Waals surface area (Å²) in [5.74, 6) is 1.26. The van der Waals surface area contributed by atoms with Crippen molar-refractivity contribution in [2.45, 2.75) is 51.9 Å². The SMILES string of the molecule is CCc1cc(C(=O)NCCCC2CCCC2)cc(N)n1. The van der Waals surface area contributed by atoms with Crippen LogP contribution in [0.5, 0.6) is 0 Å². The van der Waals surface area contributed by atoms with E-state index in [-0.39, 0.29) is 5.91 Å². The topological polar surface area (TPSA) is 68.0 Å². The fourth-order valence-corrected chi connectivity index (χ4v) is 2.92. The van der Waals surface area contributed by atoms with Crippen LogP contribution < -0.4 is 11.1 Å². The predicted molar refractivity (Wildman–Crippen MR) is 81.6 cm³/mol. The summed E-state index contributed by atoms with van der Waals surface area (Å²) in [5, 5.41) is 2.98. The van der Waals surface area contributed by atoms with Crippen LogP contribution >= 0.6 is 0 Å². The van der Waals surface area contributed by atoms with Crippen molar-refractivity contribution in [1.82, 2.24) is 10.3 Å². The molecule has 1 aromatic rings. The molecule has 1 aromatic heterocycles. The number of rotatable bonds is 6. The quantitative estimate of drug-likeness (QED) is 0.784. The van der Waals surface area contributed by atoms with Crippen LogP contribution in [0, 0.1) is 5.92 Å². The van der Waals surface area contributed by atoms with Gasteiger partial charge in [-0.3, -0.25) is 4.79 Å². The van der Waals surface area contributed by atoms with E-state index in [0.29, 0.717) is 11.4 Å². The maximum atomic E-state index is 12.1. The Hall–Kier alpha value is -1.58. The Kier molecular flexibility index (Phi) is 5.39. The second kappa shape index (κ2) is 7.27. The Morgan fingerprint density at radius 1 is 1.40 bits per heavy atom. The zero-order valence-electron chi connectivity index (χ0n) is 12.3. The normalized spacial score (nSPS) is 15.4. The van der Waals surface area contributed by atoms with Crippen molar-refractivity contribution in [3.63, 3.8) is 0 Å². The molecule has 1 aliphatic rings. The molecule has 0 unspecified atom stereocenters. The van der Waals surface area contributed by atoms with Crippen LogP contribution in [0.25, 0.3) is 0 Å². The van der Waals surface area contributed by atoms with Crippen molar-refractivity contribution in [1.29, 1.82) is 0 Å². The Morgan fingerprint density at radius 3 is 2.85 bits per heavy atom. The van der Waals surface area contributed by atoms with E-state index >= 15 is 0 Å². The maximum absolute atomic E-state index is 12.1. The second-order valence-electron chi connectivity index (χ2n) is 5.67. The van der Waals surface area contributed by atoms with Gasteiger partial charge in [-0.15, -0.1) is 0 Å². The van der Waals surface area contributed by atoms with E-state index in [0.717, 1.165) is 31.0 Å². The number of carbonyl (C=O) groups excluding carboxylic acids is 1. The van der Waals surface area contributed by atoms with Gasteiger partial charge < -0.3 is 11.1 Å². The van der Waals surface area contributed by atoms with E-state index in [1.807, 2.05) is 13.0 Å². The number of aromatic nitrogens is 1. The lowest BCUT2D eigenvalue weighted by Gasteiger charge is -2.10. The van der Waals surface area contributed by atoms with E-state index in [9.17, 15) is 4.79 Å². The van der Waals surface area contributed by atoms with Crippen molar-refractivity contribution >= 4 is 11.7 Å². The number of hydrogen-bond donors (Lipinski definition) is 2. The minimum absolute atomic E-state index is 0.0415. The van der Waals surface area contributed by atoms with Gasteiger partial charge in [0, 0.05) is 17.8 Å². The summed E-state index contributed by atoms with van der Waals surface area (Å²) >= 11 is 0. The minimum Gasteiger partial charge on any atom is -0.384 e. The first-order chi connectivity index (χ1) is 9.69. The van der Waals surface area contributed by atoms with E-state index in [2.05, 4.69) is 10.3 Å². The molecule has 0 atom stereocenters. The zero-order chi connectivity index (χ0) is 14.4. The van der Waals surface area contributed by atoms with Crippen molar-refractivity contribution in [3.8, 4) is 0 Å². The molecular weight excluding hydrogens is 250 g/mol. The number of nitrogen functional groups attached to an aromatic ring is 1. The Balaban J connectivity index is 1.77. The van der Waals surface area contributed by atoms with Gasteiger partial charge in [0.1, 0.15) is 5.82 Å². The number of hydrogen-bond acceptors (Lipinski definition) is 3. The third kappa shape index (κ3) is 4.22. The Labute approximate surface area is 121 Å². The van der Waals surface area contributed by atoms with Crippen molar-refractivity contribution in [2.75, 3.05) is 12.3 Å². The molecule has 1 fully saturated rings. The number of amides is 1. The maximum Gasteiger partial charge on any atom is 0.251 e.